The number of rotatable bonds is 5. The molecule has 4 N–H and O–H groups in total. The molecule has 0 radical (unpaired) electrons. The summed E-state index contributed by atoms with van der Waals surface area (Å²) in [4.78, 5) is 17.6. The van der Waals surface area contributed by atoms with Gasteiger partial charge >= 0.3 is 0 Å². The minimum atomic E-state index is -0.165. The van der Waals surface area contributed by atoms with Gasteiger partial charge in [0, 0.05) is 24.0 Å². The summed E-state index contributed by atoms with van der Waals surface area (Å²) in [6.07, 6.45) is 10.3. The Kier molecular flexibility index (Phi) is 4.48. The van der Waals surface area contributed by atoms with Crippen LogP contribution in [0, 0.1) is 5.92 Å². The Bertz CT molecular complexity index is 740. The lowest BCUT2D eigenvalue weighted by Gasteiger charge is -2.26. The molecule has 0 atom stereocenters. The van der Waals surface area contributed by atoms with Crippen molar-refractivity contribution in [3.05, 3.63) is 24.2 Å². The van der Waals surface area contributed by atoms with Gasteiger partial charge in [0.05, 0.1) is 17.5 Å². The van der Waals surface area contributed by atoms with E-state index in [1.807, 2.05) is 6.07 Å². The van der Waals surface area contributed by atoms with Gasteiger partial charge in [-0.05, 0) is 56.9 Å². The Balaban J connectivity index is 1.54. The number of aromatic nitrogens is 4. The molecule has 132 valence electrons. The molecule has 0 aromatic carbocycles. The predicted octanol–water partition coefficient (Wildman–Crippen LogP) is 2.18. The topological polar surface area (TPSA) is 110 Å². The van der Waals surface area contributed by atoms with Gasteiger partial charge in [-0.3, -0.25) is 0 Å². The Morgan fingerprint density at radius 3 is 2.64 bits per heavy atom. The molecule has 0 aliphatic heterocycles. The number of nitrogens with one attached hydrogen (secondary N) is 1. The molecule has 0 spiro atoms. The quantitative estimate of drug-likeness (QED) is 0.765. The van der Waals surface area contributed by atoms with Gasteiger partial charge in [-0.15, -0.1) is 0 Å². The molecule has 2 aromatic heterocycles. The fourth-order valence-corrected chi connectivity index (χ4v) is 3.38. The summed E-state index contributed by atoms with van der Waals surface area (Å²) in [7, 11) is 0. The predicted molar refractivity (Wildman–Crippen MR) is 95.8 cm³/mol. The monoisotopic (exact) mass is 340 g/mol. The van der Waals surface area contributed by atoms with Crippen LogP contribution in [0.4, 0.5) is 11.9 Å². The van der Waals surface area contributed by atoms with E-state index in [2.05, 4.69) is 25.3 Å². The average molecular weight is 340 g/mol. The summed E-state index contributed by atoms with van der Waals surface area (Å²) >= 11 is 0. The van der Waals surface area contributed by atoms with Crippen molar-refractivity contribution in [2.45, 2.75) is 57.1 Å². The first-order valence-electron chi connectivity index (χ1n) is 9.07. The Morgan fingerprint density at radius 1 is 1.08 bits per heavy atom. The summed E-state index contributed by atoms with van der Waals surface area (Å²) in [5.74, 6) is 1.64. The molecule has 7 heteroatoms. The van der Waals surface area contributed by atoms with Crippen LogP contribution in [-0.4, -0.2) is 37.2 Å². The third-order valence-electron chi connectivity index (χ3n) is 5.03. The zero-order chi connectivity index (χ0) is 17.2. The number of nitrogen functional groups attached to an aromatic ring is 1. The minimum Gasteiger partial charge on any atom is -0.393 e. The highest BCUT2D eigenvalue weighted by Crippen LogP contribution is 2.34. The Hall–Kier alpha value is -2.28. The van der Waals surface area contributed by atoms with Crippen LogP contribution in [-0.2, 0) is 6.42 Å². The second-order valence-electron chi connectivity index (χ2n) is 7.15. The largest absolute Gasteiger partial charge is 0.393 e. The molecule has 2 heterocycles. The summed E-state index contributed by atoms with van der Waals surface area (Å²) in [6, 6.07) is 2.20. The van der Waals surface area contributed by atoms with Crippen molar-refractivity contribution < 1.29 is 5.11 Å². The van der Waals surface area contributed by atoms with Crippen LogP contribution in [0.1, 0.15) is 44.2 Å². The van der Waals surface area contributed by atoms with Gasteiger partial charge < -0.3 is 16.2 Å². The van der Waals surface area contributed by atoms with E-state index in [0.717, 1.165) is 49.1 Å². The van der Waals surface area contributed by atoms with E-state index in [1.54, 1.807) is 12.4 Å². The molecule has 4 rings (SSSR count). The molecule has 0 bridgehead atoms. The van der Waals surface area contributed by atoms with Crippen molar-refractivity contribution in [1.82, 2.24) is 19.9 Å². The molecular weight excluding hydrogens is 316 g/mol. The van der Waals surface area contributed by atoms with Gasteiger partial charge in [0.2, 0.25) is 11.9 Å². The Morgan fingerprint density at radius 2 is 1.88 bits per heavy atom. The molecule has 0 saturated heterocycles. The summed E-state index contributed by atoms with van der Waals surface area (Å²) in [6.45, 7) is 0. The van der Waals surface area contributed by atoms with Crippen LogP contribution in [0.3, 0.4) is 0 Å². The first kappa shape index (κ1) is 16.2. The van der Waals surface area contributed by atoms with Gasteiger partial charge in [-0.1, -0.05) is 0 Å². The second kappa shape index (κ2) is 6.92. The third-order valence-corrected chi connectivity index (χ3v) is 5.03. The number of nitrogens with two attached hydrogens (primary N) is 1. The molecular formula is C18H24N6O. The lowest BCUT2D eigenvalue weighted by atomic mass is 9.93. The van der Waals surface area contributed by atoms with Gasteiger partial charge in [0.1, 0.15) is 0 Å². The number of anilines is 2. The third kappa shape index (κ3) is 4.04. The van der Waals surface area contributed by atoms with Crippen LogP contribution in [0.15, 0.2) is 18.5 Å². The molecule has 0 unspecified atom stereocenters. The SMILES string of the molecule is Nc1ncc(-c2ccnc(NC3CCC(O)CC3)n2)c(CC2CC2)n1. The zero-order valence-electron chi connectivity index (χ0n) is 14.2. The zero-order valence-corrected chi connectivity index (χ0v) is 14.2. The van der Waals surface area contributed by atoms with E-state index in [4.69, 9.17) is 5.73 Å². The van der Waals surface area contributed by atoms with E-state index in [-0.39, 0.29) is 6.10 Å². The van der Waals surface area contributed by atoms with Gasteiger partial charge in [0.25, 0.3) is 0 Å². The van der Waals surface area contributed by atoms with E-state index in [1.165, 1.54) is 12.8 Å². The fourth-order valence-electron chi connectivity index (χ4n) is 3.38. The second-order valence-corrected chi connectivity index (χ2v) is 7.15. The maximum atomic E-state index is 9.63. The number of hydrogen-bond acceptors (Lipinski definition) is 7. The van der Waals surface area contributed by atoms with E-state index >= 15 is 0 Å². The molecule has 2 aliphatic carbocycles. The van der Waals surface area contributed by atoms with Crippen molar-refractivity contribution in [3.63, 3.8) is 0 Å². The number of aliphatic hydroxyl groups excluding tert-OH is 1. The number of nitrogens with zero attached hydrogens (tertiary/aromatic N) is 4. The number of aliphatic hydroxyl groups is 1. The minimum absolute atomic E-state index is 0.165. The van der Waals surface area contributed by atoms with Gasteiger partial charge in [-0.2, -0.15) is 0 Å². The molecule has 25 heavy (non-hydrogen) atoms. The fraction of sp³-hybridized carbons (Fsp3) is 0.556. The van der Waals surface area contributed by atoms with Crippen molar-refractivity contribution in [2.75, 3.05) is 11.1 Å². The van der Waals surface area contributed by atoms with Crippen LogP contribution >= 0.6 is 0 Å². The lowest BCUT2D eigenvalue weighted by Crippen LogP contribution is -2.28. The van der Waals surface area contributed by atoms with E-state index < -0.39 is 0 Å². The maximum absolute atomic E-state index is 9.63. The van der Waals surface area contributed by atoms with Gasteiger partial charge in [0.15, 0.2) is 0 Å². The van der Waals surface area contributed by atoms with Gasteiger partial charge in [-0.25, -0.2) is 19.9 Å². The van der Waals surface area contributed by atoms with Crippen LogP contribution in [0.5, 0.6) is 0 Å². The molecule has 2 aromatic rings. The molecule has 7 nitrogen and oxygen atoms in total. The van der Waals surface area contributed by atoms with Crippen molar-refractivity contribution >= 4 is 11.9 Å². The van der Waals surface area contributed by atoms with Crippen molar-refractivity contribution in [1.29, 1.82) is 0 Å². The normalized spacial score (nSPS) is 23.4. The highest BCUT2D eigenvalue weighted by molar-refractivity contribution is 5.62. The van der Waals surface area contributed by atoms with Crippen molar-refractivity contribution in [2.24, 2.45) is 5.92 Å². The highest BCUT2D eigenvalue weighted by atomic mass is 16.3. The standard InChI is InChI=1S/C18H24N6O/c19-17-21-10-14(16(23-17)9-11-1-2-11)15-7-8-20-18(24-15)22-12-3-5-13(25)6-4-12/h7-8,10-13,25H,1-6,9H2,(H2,19,21,23)(H,20,22,24). The molecule has 0 amide bonds. The van der Waals surface area contributed by atoms with E-state index in [0.29, 0.717) is 23.9 Å². The molecule has 2 saturated carbocycles. The first-order chi connectivity index (χ1) is 12.2. The smallest absolute Gasteiger partial charge is 0.223 e. The van der Waals surface area contributed by atoms with Crippen molar-refractivity contribution in [3.8, 4) is 11.3 Å². The van der Waals surface area contributed by atoms with Crippen LogP contribution < -0.4 is 11.1 Å². The Labute approximate surface area is 147 Å². The maximum Gasteiger partial charge on any atom is 0.223 e. The highest BCUT2D eigenvalue weighted by Gasteiger charge is 2.25. The van der Waals surface area contributed by atoms with Crippen LogP contribution in [0.25, 0.3) is 11.3 Å². The molecule has 2 fully saturated rings. The van der Waals surface area contributed by atoms with Crippen LogP contribution in [0.2, 0.25) is 0 Å². The summed E-state index contributed by atoms with van der Waals surface area (Å²) in [5, 5.41) is 13.0. The van der Waals surface area contributed by atoms with E-state index in [9.17, 15) is 5.11 Å². The number of hydrogen-bond donors (Lipinski definition) is 3. The molecule has 2 aliphatic rings. The first-order valence-corrected chi connectivity index (χ1v) is 9.07. The lowest BCUT2D eigenvalue weighted by molar-refractivity contribution is 0.126. The summed E-state index contributed by atoms with van der Waals surface area (Å²) < 4.78 is 0. The summed E-state index contributed by atoms with van der Waals surface area (Å²) in [5.41, 5.74) is 8.51. The average Bonchev–Trinajstić information content (AvgIpc) is 3.41.